The molecule has 0 atom stereocenters. The molecule has 108 valence electrons. The summed E-state index contributed by atoms with van der Waals surface area (Å²) < 4.78 is 0. The van der Waals surface area contributed by atoms with Crippen LogP contribution in [0.2, 0.25) is 0 Å². The fourth-order valence-electron chi connectivity index (χ4n) is 2.33. The summed E-state index contributed by atoms with van der Waals surface area (Å²) in [6.07, 6.45) is 15.9. The molecule has 3 nitrogen and oxygen atoms in total. The number of rotatable bonds is 0. The topological polar surface area (TPSA) is 42.0 Å². The van der Waals surface area contributed by atoms with Gasteiger partial charge in [0.1, 0.15) is 0 Å². The number of pyridine rings is 1. The van der Waals surface area contributed by atoms with Gasteiger partial charge in [-0.25, -0.2) is 0 Å². The minimum Gasteiger partial charge on any atom is -0.328 e. The van der Waals surface area contributed by atoms with Crippen LogP contribution in [0.5, 0.6) is 0 Å². The Bertz CT molecular complexity index is 863. The van der Waals surface area contributed by atoms with Crippen molar-refractivity contribution in [1.29, 1.82) is 0 Å². The summed E-state index contributed by atoms with van der Waals surface area (Å²) in [7, 11) is 0. The second kappa shape index (κ2) is 6.68. The molecule has 1 aliphatic rings. The third kappa shape index (κ3) is 3.20. The fourth-order valence-corrected chi connectivity index (χ4v) is 2.33. The first kappa shape index (κ1) is 14.0. The number of amides is 1. The quantitative estimate of drug-likeness (QED) is 0.801. The Morgan fingerprint density at radius 1 is 1.00 bits per heavy atom. The normalized spacial score (nSPS) is 20.1. The van der Waals surface area contributed by atoms with Crippen LogP contribution in [0.3, 0.4) is 0 Å². The first-order valence-electron chi connectivity index (χ1n) is 7.17. The molecule has 0 aliphatic carbocycles. The summed E-state index contributed by atoms with van der Waals surface area (Å²) in [5.74, 6) is -0.106. The number of nitrogens with one attached hydrogen (secondary N) is 1. The minimum atomic E-state index is -0.106. The van der Waals surface area contributed by atoms with E-state index in [0.29, 0.717) is 5.56 Å². The summed E-state index contributed by atoms with van der Waals surface area (Å²) in [5, 5.41) is 4.74. The van der Waals surface area contributed by atoms with E-state index in [1.165, 1.54) is 0 Å². The molecule has 0 spiro atoms. The number of hydrogen-bond acceptors (Lipinski definition) is 2. The van der Waals surface area contributed by atoms with Gasteiger partial charge in [0.15, 0.2) is 0 Å². The van der Waals surface area contributed by atoms with Gasteiger partial charge in [0.25, 0.3) is 5.91 Å². The van der Waals surface area contributed by atoms with Crippen LogP contribution in [-0.4, -0.2) is 10.9 Å². The van der Waals surface area contributed by atoms with Crippen molar-refractivity contribution >= 4 is 18.2 Å². The summed E-state index contributed by atoms with van der Waals surface area (Å²) in [5.41, 5.74) is 1.70. The van der Waals surface area contributed by atoms with Gasteiger partial charge in [-0.3, -0.25) is 9.78 Å². The Hall–Kier alpha value is -2.94. The van der Waals surface area contributed by atoms with Crippen LogP contribution in [0.15, 0.2) is 67.0 Å². The molecule has 2 aromatic rings. The zero-order valence-electron chi connectivity index (χ0n) is 12.1. The second-order valence-electron chi connectivity index (χ2n) is 4.96. The van der Waals surface area contributed by atoms with E-state index in [0.717, 1.165) is 22.4 Å². The van der Waals surface area contributed by atoms with E-state index in [9.17, 15) is 4.79 Å². The van der Waals surface area contributed by atoms with E-state index in [1.807, 2.05) is 60.7 Å². The maximum absolute atomic E-state index is 12.4. The number of fused-ring (bicyclic) bond motifs is 2. The number of benzene rings is 1. The Labute approximate surface area is 129 Å². The maximum atomic E-state index is 12.4. The molecule has 1 aromatic heterocycles. The van der Waals surface area contributed by atoms with Crippen LogP contribution in [0.4, 0.5) is 0 Å². The average molecular weight is 288 g/mol. The highest BCUT2D eigenvalue weighted by molar-refractivity contribution is 5.97. The molecule has 1 aliphatic heterocycles. The van der Waals surface area contributed by atoms with Crippen LogP contribution in [0, 0.1) is 0 Å². The summed E-state index contributed by atoms with van der Waals surface area (Å²) >= 11 is 0. The molecule has 0 saturated carbocycles. The van der Waals surface area contributed by atoms with Gasteiger partial charge in [0.05, 0.1) is 0 Å². The highest BCUT2D eigenvalue weighted by Gasteiger charge is 2.08. The van der Waals surface area contributed by atoms with Gasteiger partial charge in [-0.05, 0) is 29.3 Å². The molecule has 0 saturated heterocycles. The maximum Gasteiger partial charge on any atom is 0.255 e. The van der Waals surface area contributed by atoms with Gasteiger partial charge in [-0.1, -0.05) is 48.6 Å². The third-order valence-electron chi connectivity index (χ3n) is 3.48. The van der Waals surface area contributed by atoms with Crippen molar-refractivity contribution in [2.45, 2.75) is 6.42 Å². The molecule has 1 N–H and O–H groups in total. The fraction of sp³-hybridized carbons (Fsp3) is 0.0526. The highest BCUT2D eigenvalue weighted by Crippen LogP contribution is 2.10. The van der Waals surface area contributed by atoms with Gasteiger partial charge >= 0.3 is 0 Å². The molecule has 3 rings (SSSR count). The van der Waals surface area contributed by atoms with Crippen LogP contribution in [0.25, 0.3) is 12.3 Å². The predicted octanol–water partition coefficient (Wildman–Crippen LogP) is 1.70. The second-order valence-corrected chi connectivity index (χ2v) is 4.96. The molecule has 0 unspecified atom stereocenters. The van der Waals surface area contributed by atoms with Gasteiger partial charge < -0.3 is 5.32 Å². The molecule has 22 heavy (non-hydrogen) atoms. The zero-order chi connectivity index (χ0) is 15.2. The Kier molecular flexibility index (Phi) is 4.25. The Balaban J connectivity index is 2.11. The predicted molar refractivity (Wildman–Crippen MR) is 88.3 cm³/mol. The summed E-state index contributed by atoms with van der Waals surface area (Å²) in [6, 6.07) is 9.57. The molecule has 3 heteroatoms. The largest absolute Gasteiger partial charge is 0.328 e. The molecule has 0 radical (unpaired) electrons. The lowest BCUT2D eigenvalue weighted by Gasteiger charge is -2.06. The van der Waals surface area contributed by atoms with Crippen molar-refractivity contribution in [2.24, 2.45) is 0 Å². The average Bonchev–Trinajstić information content (AvgIpc) is 2.57. The number of carbonyl (C=O) groups is 1. The monoisotopic (exact) mass is 288 g/mol. The van der Waals surface area contributed by atoms with Crippen LogP contribution >= 0.6 is 0 Å². The number of nitrogens with zero attached hydrogens (tertiary/aromatic N) is 1. The van der Waals surface area contributed by atoms with E-state index in [2.05, 4.69) is 10.3 Å². The van der Waals surface area contributed by atoms with Crippen molar-refractivity contribution in [3.8, 4) is 0 Å². The van der Waals surface area contributed by atoms with Crippen molar-refractivity contribution in [1.82, 2.24) is 10.3 Å². The molecular weight excluding hydrogens is 272 g/mol. The van der Waals surface area contributed by atoms with Crippen LogP contribution in [0.1, 0.15) is 15.9 Å². The van der Waals surface area contributed by atoms with Gasteiger partial charge in [0.2, 0.25) is 0 Å². The number of allylic oxidation sites excluding steroid dienone is 4. The van der Waals surface area contributed by atoms with Crippen LogP contribution in [-0.2, 0) is 6.42 Å². The van der Waals surface area contributed by atoms with E-state index in [-0.39, 0.29) is 5.91 Å². The van der Waals surface area contributed by atoms with Crippen molar-refractivity contribution in [2.75, 3.05) is 0 Å². The van der Waals surface area contributed by atoms with Crippen LogP contribution < -0.4 is 15.8 Å². The smallest absolute Gasteiger partial charge is 0.255 e. The van der Waals surface area contributed by atoms with Gasteiger partial charge in [-0.15, -0.1) is 0 Å². The molecule has 0 fully saturated rings. The van der Waals surface area contributed by atoms with E-state index in [1.54, 1.807) is 18.6 Å². The van der Waals surface area contributed by atoms with E-state index < -0.39 is 0 Å². The third-order valence-corrected chi connectivity index (χ3v) is 3.48. The number of carbonyl (C=O) groups excluding carboxylic acids is 1. The van der Waals surface area contributed by atoms with Gasteiger partial charge in [-0.2, -0.15) is 0 Å². The van der Waals surface area contributed by atoms with Crippen molar-refractivity contribution < 1.29 is 4.79 Å². The standard InChI is InChI=1S/C19H16N2O/c22-19-18-10-6-5-9-16(18)8-4-2-1-3-7-15-11-12-20-13-17(15)14-21-19/h1-7,9-14H,8H2,(H,21,22)/b3-1+,4-2+,15-7-,17-14+. The first-order chi connectivity index (χ1) is 10.8. The number of hydrogen-bond donors (Lipinski definition) is 1. The highest BCUT2D eigenvalue weighted by atomic mass is 16.1. The lowest BCUT2D eigenvalue weighted by molar-refractivity contribution is 0.0974. The zero-order valence-corrected chi connectivity index (χ0v) is 12.1. The van der Waals surface area contributed by atoms with Crippen molar-refractivity contribution in [3.05, 3.63) is 88.6 Å². The summed E-state index contributed by atoms with van der Waals surface area (Å²) in [4.78, 5) is 16.5. The Morgan fingerprint density at radius 2 is 1.91 bits per heavy atom. The Morgan fingerprint density at radius 3 is 2.86 bits per heavy atom. The molecule has 2 heterocycles. The van der Waals surface area contributed by atoms with Gasteiger partial charge in [0, 0.05) is 29.4 Å². The molecule has 1 aromatic carbocycles. The van der Waals surface area contributed by atoms with E-state index in [4.69, 9.17) is 0 Å². The first-order valence-corrected chi connectivity index (χ1v) is 7.17. The molecule has 1 amide bonds. The SMILES string of the molecule is O=C1N\C=c2/cncc/c2=C/C=C/C=C/Cc2ccccc21. The van der Waals surface area contributed by atoms with Crippen molar-refractivity contribution in [3.63, 3.8) is 0 Å². The lowest BCUT2D eigenvalue weighted by Crippen LogP contribution is -2.29. The number of aromatic nitrogens is 1. The molecular formula is C19H16N2O. The minimum absolute atomic E-state index is 0.106. The lowest BCUT2D eigenvalue weighted by atomic mass is 10.0. The van der Waals surface area contributed by atoms with E-state index >= 15 is 0 Å². The molecule has 0 bridgehead atoms. The summed E-state index contributed by atoms with van der Waals surface area (Å²) in [6.45, 7) is 0.